The lowest BCUT2D eigenvalue weighted by molar-refractivity contribution is -0.124. The van der Waals surface area contributed by atoms with Crippen molar-refractivity contribution in [3.63, 3.8) is 0 Å². The van der Waals surface area contributed by atoms with Crippen molar-refractivity contribution in [1.29, 1.82) is 0 Å². The molecule has 9 heteroatoms. The standard InChI is InChI=1S/C24H22N6OS2/c1-16(30-22(27-28-24(30)32)21-7-4-12-33-21)23(31)25-13-17-8-10-18(11-9-17)14-29-15-26-19-5-2-3-6-20(19)29/h2-12,15-16H,13-14H2,1H3,(H,25,31)(H,28,32). The average molecular weight is 475 g/mol. The number of nitrogens with zero attached hydrogens (tertiary/aromatic N) is 4. The zero-order chi connectivity index (χ0) is 22.8. The van der Waals surface area contributed by atoms with Crippen molar-refractivity contribution in [2.75, 3.05) is 0 Å². The van der Waals surface area contributed by atoms with Gasteiger partial charge in [0.05, 0.1) is 22.2 Å². The number of fused-ring (bicyclic) bond motifs is 1. The van der Waals surface area contributed by atoms with Gasteiger partial charge < -0.3 is 9.88 Å². The largest absolute Gasteiger partial charge is 0.350 e. The topological polar surface area (TPSA) is 80.5 Å². The third-order valence-electron chi connectivity index (χ3n) is 5.58. The fourth-order valence-electron chi connectivity index (χ4n) is 3.79. The molecule has 0 spiro atoms. The normalized spacial score (nSPS) is 12.2. The van der Waals surface area contributed by atoms with E-state index in [-0.39, 0.29) is 5.91 Å². The third kappa shape index (κ3) is 4.37. The number of hydrogen-bond acceptors (Lipinski definition) is 5. The number of thiophene rings is 1. The molecule has 5 rings (SSSR count). The molecule has 0 saturated carbocycles. The summed E-state index contributed by atoms with van der Waals surface area (Å²) in [5.41, 5.74) is 4.31. The van der Waals surface area contributed by atoms with E-state index in [1.54, 1.807) is 15.9 Å². The highest BCUT2D eigenvalue weighted by atomic mass is 32.1. The molecule has 3 heterocycles. The van der Waals surface area contributed by atoms with Crippen molar-refractivity contribution in [2.45, 2.75) is 26.1 Å². The second-order valence-electron chi connectivity index (χ2n) is 7.77. The Balaban J connectivity index is 1.23. The molecule has 2 aromatic carbocycles. The minimum absolute atomic E-state index is 0.112. The van der Waals surface area contributed by atoms with Crippen molar-refractivity contribution in [2.24, 2.45) is 0 Å². The van der Waals surface area contributed by atoms with Crippen LogP contribution in [-0.4, -0.2) is 30.2 Å². The number of rotatable bonds is 7. The van der Waals surface area contributed by atoms with Crippen LogP contribution in [0.15, 0.2) is 72.4 Å². The summed E-state index contributed by atoms with van der Waals surface area (Å²) < 4.78 is 4.32. The highest BCUT2D eigenvalue weighted by Gasteiger charge is 2.21. The summed E-state index contributed by atoms with van der Waals surface area (Å²) in [6, 6.07) is 19.8. The maximum absolute atomic E-state index is 12.9. The van der Waals surface area contributed by atoms with Crippen LogP contribution in [0.25, 0.3) is 21.7 Å². The molecule has 1 atom stereocenters. The first-order chi connectivity index (χ1) is 16.1. The number of aromatic amines is 1. The Morgan fingerprint density at radius 2 is 1.91 bits per heavy atom. The molecule has 0 aliphatic rings. The van der Waals surface area contributed by atoms with Crippen molar-refractivity contribution in [1.82, 2.24) is 29.6 Å². The first-order valence-electron chi connectivity index (χ1n) is 10.6. The maximum Gasteiger partial charge on any atom is 0.243 e. The molecule has 33 heavy (non-hydrogen) atoms. The van der Waals surface area contributed by atoms with E-state index in [1.165, 1.54) is 5.56 Å². The lowest BCUT2D eigenvalue weighted by atomic mass is 10.1. The number of carbonyl (C=O) groups excluding carboxylic acids is 1. The van der Waals surface area contributed by atoms with Gasteiger partial charge in [-0.25, -0.2) is 4.98 Å². The molecule has 7 nitrogen and oxygen atoms in total. The Morgan fingerprint density at radius 3 is 2.70 bits per heavy atom. The number of hydrogen-bond donors (Lipinski definition) is 2. The minimum Gasteiger partial charge on any atom is -0.350 e. The molecule has 1 amide bonds. The molecule has 0 fully saturated rings. The van der Waals surface area contributed by atoms with E-state index in [0.717, 1.165) is 28.0 Å². The van der Waals surface area contributed by atoms with Crippen LogP contribution in [0.1, 0.15) is 24.1 Å². The number of para-hydroxylation sites is 2. The summed E-state index contributed by atoms with van der Waals surface area (Å²) in [4.78, 5) is 18.3. The second kappa shape index (κ2) is 9.13. The first-order valence-corrected chi connectivity index (χ1v) is 11.8. The molecule has 0 bridgehead atoms. The maximum atomic E-state index is 12.9. The monoisotopic (exact) mass is 474 g/mol. The minimum atomic E-state index is -0.484. The molecule has 166 valence electrons. The molecule has 0 radical (unpaired) electrons. The van der Waals surface area contributed by atoms with Crippen LogP contribution in [0.3, 0.4) is 0 Å². The summed E-state index contributed by atoms with van der Waals surface area (Å²) in [6.07, 6.45) is 1.87. The number of aromatic nitrogens is 5. The lowest BCUT2D eigenvalue weighted by Crippen LogP contribution is -2.31. The Kier molecular flexibility index (Phi) is 5.89. The van der Waals surface area contributed by atoms with Crippen molar-refractivity contribution < 1.29 is 4.79 Å². The van der Waals surface area contributed by atoms with E-state index < -0.39 is 6.04 Å². The highest BCUT2D eigenvalue weighted by molar-refractivity contribution is 7.71. The highest BCUT2D eigenvalue weighted by Crippen LogP contribution is 2.25. The van der Waals surface area contributed by atoms with Gasteiger partial charge in [-0.15, -0.1) is 11.3 Å². The molecular formula is C24H22N6OS2. The van der Waals surface area contributed by atoms with E-state index in [4.69, 9.17) is 12.2 Å². The van der Waals surface area contributed by atoms with Crippen LogP contribution in [0.4, 0.5) is 0 Å². The lowest BCUT2D eigenvalue weighted by Gasteiger charge is -2.15. The number of carbonyl (C=O) groups is 1. The molecule has 2 N–H and O–H groups in total. The van der Waals surface area contributed by atoms with Gasteiger partial charge in [-0.05, 0) is 53.8 Å². The molecule has 1 unspecified atom stereocenters. The van der Waals surface area contributed by atoms with Gasteiger partial charge in [0.25, 0.3) is 0 Å². The summed E-state index contributed by atoms with van der Waals surface area (Å²) >= 11 is 6.93. The van der Waals surface area contributed by atoms with Gasteiger partial charge in [0.1, 0.15) is 6.04 Å². The van der Waals surface area contributed by atoms with Crippen molar-refractivity contribution in [3.05, 3.63) is 88.3 Å². The van der Waals surface area contributed by atoms with E-state index in [9.17, 15) is 4.79 Å². The quantitative estimate of drug-likeness (QED) is 0.327. The van der Waals surface area contributed by atoms with Gasteiger partial charge in [0.15, 0.2) is 10.6 Å². The smallest absolute Gasteiger partial charge is 0.243 e. The van der Waals surface area contributed by atoms with E-state index in [1.807, 2.05) is 61.1 Å². The zero-order valence-electron chi connectivity index (χ0n) is 17.9. The zero-order valence-corrected chi connectivity index (χ0v) is 19.6. The Labute approximate surface area is 199 Å². The molecule has 3 aromatic heterocycles. The third-order valence-corrected chi connectivity index (χ3v) is 6.74. The predicted octanol–water partition coefficient (Wildman–Crippen LogP) is 4.94. The van der Waals surface area contributed by atoms with Crippen LogP contribution in [0.2, 0.25) is 0 Å². The second-order valence-corrected chi connectivity index (χ2v) is 9.11. The first kappa shape index (κ1) is 21.3. The number of amides is 1. The van der Waals surface area contributed by atoms with Crippen LogP contribution in [0.5, 0.6) is 0 Å². The van der Waals surface area contributed by atoms with Crippen molar-refractivity contribution >= 4 is 40.5 Å². The number of imidazole rings is 1. The SMILES string of the molecule is CC(C(=O)NCc1ccc(Cn2cnc3ccccc32)cc1)n1c(-c2cccs2)n[nH]c1=S. The predicted molar refractivity (Wildman–Crippen MR) is 133 cm³/mol. The molecular weight excluding hydrogens is 452 g/mol. The fourth-order valence-corrected chi connectivity index (χ4v) is 4.79. The average Bonchev–Trinajstić information content (AvgIpc) is 3.58. The molecule has 0 saturated heterocycles. The van der Waals surface area contributed by atoms with Gasteiger partial charge in [0, 0.05) is 13.1 Å². The molecule has 0 aliphatic carbocycles. The number of H-pyrrole nitrogens is 1. The van der Waals surface area contributed by atoms with Crippen molar-refractivity contribution in [3.8, 4) is 10.7 Å². The van der Waals surface area contributed by atoms with Gasteiger partial charge in [0.2, 0.25) is 5.91 Å². The van der Waals surface area contributed by atoms with Crippen LogP contribution in [0, 0.1) is 4.77 Å². The van der Waals surface area contributed by atoms with Gasteiger partial charge in [-0.2, -0.15) is 5.10 Å². The van der Waals surface area contributed by atoms with E-state index in [2.05, 4.69) is 43.3 Å². The summed E-state index contributed by atoms with van der Waals surface area (Å²) in [7, 11) is 0. The fraction of sp³-hybridized carbons (Fsp3) is 0.167. The summed E-state index contributed by atoms with van der Waals surface area (Å²) in [5, 5.41) is 12.1. The van der Waals surface area contributed by atoms with E-state index >= 15 is 0 Å². The molecule has 5 aromatic rings. The Hall–Kier alpha value is -3.56. The van der Waals surface area contributed by atoms with E-state index in [0.29, 0.717) is 17.1 Å². The summed E-state index contributed by atoms with van der Waals surface area (Å²) in [5.74, 6) is 0.563. The van der Waals surface area contributed by atoms with Crippen LogP contribution >= 0.6 is 23.6 Å². The van der Waals surface area contributed by atoms with Crippen LogP contribution in [-0.2, 0) is 17.9 Å². The van der Waals surface area contributed by atoms with Gasteiger partial charge in [-0.1, -0.05) is 42.5 Å². The van der Waals surface area contributed by atoms with Gasteiger partial charge >= 0.3 is 0 Å². The van der Waals surface area contributed by atoms with Crippen LogP contribution < -0.4 is 5.32 Å². The number of nitrogens with one attached hydrogen (secondary N) is 2. The summed E-state index contributed by atoms with van der Waals surface area (Å²) in [6.45, 7) is 3.02. The Bertz CT molecular complexity index is 1450. The Morgan fingerprint density at radius 1 is 1.12 bits per heavy atom. The number of benzene rings is 2. The van der Waals surface area contributed by atoms with Gasteiger partial charge in [-0.3, -0.25) is 14.5 Å². The molecule has 0 aliphatic heterocycles.